The van der Waals surface area contributed by atoms with Crippen molar-refractivity contribution in [2.45, 2.75) is 6.54 Å². The first-order chi connectivity index (χ1) is 11.5. The maximum atomic E-state index is 12.9. The number of hydrogen-bond donors (Lipinski definition) is 1. The van der Waals surface area contributed by atoms with Gasteiger partial charge >= 0.3 is 5.76 Å². The van der Waals surface area contributed by atoms with Crippen LogP contribution < -0.4 is 11.1 Å². The van der Waals surface area contributed by atoms with Crippen molar-refractivity contribution in [3.8, 4) is 11.5 Å². The van der Waals surface area contributed by atoms with Gasteiger partial charge in [0.2, 0.25) is 11.8 Å². The van der Waals surface area contributed by atoms with Gasteiger partial charge in [-0.05, 0) is 59.0 Å². The number of anilines is 1. The SMILES string of the molecule is O=C(Cn1nc(-c2ccc(F)cc2)oc1=O)Nc1ccccc1I. The number of nitrogens with zero attached hydrogens (tertiary/aromatic N) is 2. The quantitative estimate of drug-likeness (QED) is 0.635. The Bertz CT molecular complexity index is 934. The zero-order valence-corrected chi connectivity index (χ0v) is 14.4. The summed E-state index contributed by atoms with van der Waals surface area (Å²) >= 11 is 2.10. The average Bonchev–Trinajstić information content (AvgIpc) is 2.91. The average molecular weight is 439 g/mol. The maximum absolute atomic E-state index is 12.9. The van der Waals surface area contributed by atoms with Crippen molar-refractivity contribution in [2.24, 2.45) is 0 Å². The van der Waals surface area contributed by atoms with E-state index in [0.29, 0.717) is 11.3 Å². The zero-order valence-electron chi connectivity index (χ0n) is 12.2. The van der Waals surface area contributed by atoms with E-state index in [9.17, 15) is 14.0 Å². The standard InChI is InChI=1S/C16H11FIN3O3/c17-11-7-5-10(6-8-11)15-20-21(16(23)24-15)9-14(22)19-13-4-2-1-3-12(13)18/h1-8H,9H2,(H,19,22). The Morgan fingerprint density at radius 2 is 1.92 bits per heavy atom. The van der Waals surface area contributed by atoms with E-state index in [-0.39, 0.29) is 12.4 Å². The van der Waals surface area contributed by atoms with Crippen molar-refractivity contribution >= 4 is 34.2 Å². The van der Waals surface area contributed by atoms with E-state index >= 15 is 0 Å². The van der Waals surface area contributed by atoms with Crippen molar-refractivity contribution in [1.82, 2.24) is 9.78 Å². The van der Waals surface area contributed by atoms with E-state index in [1.807, 2.05) is 12.1 Å². The number of para-hydroxylation sites is 1. The smallest absolute Gasteiger partial charge is 0.388 e. The third-order valence-corrected chi connectivity index (χ3v) is 4.08. The van der Waals surface area contributed by atoms with E-state index in [1.54, 1.807) is 12.1 Å². The van der Waals surface area contributed by atoms with Crippen LogP contribution in [-0.4, -0.2) is 15.7 Å². The van der Waals surface area contributed by atoms with Crippen LogP contribution in [-0.2, 0) is 11.3 Å². The van der Waals surface area contributed by atoms with Gasteiger partial charge in [0.1, 0.15) is 12.4 Å². The molecule has 0 spiro atoms. The van der Waals surface area contributed by atoms with Crippen LogP contribution in [0.5, 0.6) is 0 Å². The Morgan fingerprint density at radius 1 is 1.21 bits per heavy atom. The first-order valence-electron chi connectivity index (χ1n) is 6.91. The van der Waals surface area contributed by atoms with Gasteiger partial charge in [0.15, 0.2) is 0 Å². The predicted octanol–water partition coefficient (Wildman–Crippen LogP) is 2.89. The number of rotatable bonds is 4. The first kappa shape index (κ1) is 16.4. The summed E-state index contributed by atoms with van der Waals surface area (Å²) in [5.41, 5.74) is 1.10. The lowest BCUT2D eigenvalue weighted by atomic mass is 10.2. The lowest BCUT2D eigenvalue weighted by Crippen LogP contribution is -2.26. The molecule has 3 rings (SSSR count). The van der Waals surface area contributed by atoms with Gasteiger partial charge in [-0.2, -0.15) is 4.68 Å². The minimum absolute atomic E-state index is 0.0297. The van der Waals surface area contributed by atoms with Gasteiger partial charge in [0, 0.05) is 9.13 Å². The summed E-state index contributed by atoms with van der Waals surface area (Å²) in [7, 11) is 0. The van der Waals surface area contributed by atoms with Crippen molar-refractivity contribution in [3.63, 3.8) is 0 Å². The Morgan fingerprint density at radius 3 is 2.62 bits per heavy atom. The molecule has 1 amide bonds. The Balaban J connectivity index is 1.76. The van der Waals surface area contributed by atoms with Gasteiger partial charge in [-0.15, -0.1) is 5.10 Å². The van der Waals surface area contributed by atoms with Crippen molar-refractivity contribution in [1.29, 1.82) is 0 Å². The highest BCUT2D eigenvalue weighted by Crippen LogP contribution is 2.17. The van der Waals surface area contributed by atoms with Crippen molar-refractivity contribution in [3.05, 3.63) is 68.5 Å². The largest absolute Gasteiger partial charge is 0.437 e. The molecule has 122 valence electrons. The summed E-state index contributed by atoms with van der Waals surface area (Å²) in [4.78, 5) is 23.9. The van der Waals surface area contributed by atoms with Crippen LogP contribution in [0.25, 0.3) is 11.5 Å². The molecule has 3 aromatic rings. The number of benzene rings is 2. The molecule has 1 heterocycles. The molecule has 0 aliphatic heterocycles. The lowest BCUT2D eigenvalue weighted by molar-refractivity contribution is -0.117. The molecule has 24 heavy (non-hydrogen) atoms. The van der Waals surface area contributed by atoms with E-state index in [0.717, 1.165) is 8.25 Å². The van der Waals surface area contributed by atoms with Crippen LogP contribution in [0.1, 0.15) is 0 Å². The monoisotopic (exact) mass is 439 g/mol. The topological polar surface area (TPSA) is 77.1 Å². The van der Waals surface area contributed by atoms with E-state index in [2.05, 4.69) is 33.0 Å². The van der Waals surface area contributed by atoms with Gasteiger partial charge in [0.05, 0.1) is 5.69 Å². The van der Waals surface area contributed by atoms with Gasteiger partial charge in [0.25, 0.3) is 0 Å². The lowest BCUT2D eigenvalue weighted by Gasteiger charge is -2.06. The molecule has 2 aromatic carbocycles. The zero-order chi connectivity index (χ0) is 17.1. The fraction of sp³-hybridized carbons (Fsp3) is 0.0625. The van der Waals surface area contributed by atoms with E-state index in [1.165, 1.54) is 24.3 Å². The predicted molar refractivity (Wildman–Crippen MR) is 93.9 cm³/mol. The minimum atomic E-state index is -0.757. The van der Waals surface area contributed by atoms with Crippen LogP contribution in [0.4, 0.5) is 10.1 Å². The molecule has 0 aliphatic rings. The van der Waals surface area contributed by atoms with Crippen LogP contribution >= 0.6 is 22.6 Å². The van der Waals surface area contributed by atoms with Crippen molar-refractivity contribution < 1.29 is 13.6 Å². The summed E-state index contributed by atoms with van der Waals surface area (Å²) in [6, 6.07) is 12.6. The maximum Gasteiger partial charge on any atom is 0.437 e. The number of carbonyl (C=O) groups excluding carboxylic acids is 1. The molecule has 0 saturated carbocycles. The fourth-order valence-electron chi connectivity index (χ4n) is 2.00. The first-order valence-corrected chi connectivity index (χ1v) is 7.99. The summed E-state index contributed by atoms with van der Waals surface area (Å²) < 4.78 is 19.7. The molecule has 1 N–H and O–H groups in total. The molecule has 0 bridgehead atoms. The molecule has 0 aliphatic carbocycles. The van der Waals surface area contributed by atoms with E-state index < -0.39 is 17.5 Å². The van der Waals surface area contributed by atoms with Gasteiger partial charge in [-0.3, -0.25) is 4.79 Å². The van der Waals surface area contributed by atoms with Crippen LogP contribution in [0.3, 0.4) is 0 Å². The third kappa shape index (κ3) is 3.70. The number of carbonyl (C=O) groups is 1. The Hall–Kier alpha value is -2.49. The summed E-state index contributed by atoms with van der Waals surface area (Å²) in [6.45, 7) is -0.283. The molecular weight excluding hydrogens is 428 g/mol. The molecule has 0 fully saturated rings. The number of halogens is 2. The summed E-state index contributed by atoms with van der Waals surface area (Å²) in [6.07, 6.45) is 0. The van der Waals surface area contributed by atoms with Crippen LogP contribution in [0.15, 0.2) is 57.7 Å². The molecule has 8 heteroatoms. The number of aromatic nitrogens is 2. The summed E-state index contributed by atoms with van der Waals surface area (Å²) in [5, 5.41) is 6.67. The third-order valence-electron chi connectivity index (χ3n) is 3.14. The van der Waals surface area contributed by atoms with Gasteiger partial charge in [-0.1, -0.05) is 12.1 Å². The number of hydrogen-bond acceptors (Lipinski definition) is 4. The molecule has 6 nitrogen and oxygen atoms in total. The summed E-state index contributed by atoms with van der Waals surface area (Å²) in [5.74, 6) is -1.54. The number of nitrogens with one attached hydrogen (secondary N) is 1. The van der Waals surface area contributed by atoms with Gasteiger partial charge < -0.3 is 9.73 Å². The highest BCUT2D eigenvalue weighted by molar-refractivity contribution is 14.1. The molecule has 0 atom stereocenters. The Labute approximate surface area is 149 Å². The highest BCUT2D eigenvalue weighted by Gasteiger charge is 2.14. The number of amides is 1. The Kier molecular flexibility index (Phi) is 4.74. The molecule has 1 aromatic heterocycles. The van der Waals surface area contributed by atoms with E-state index in [4.69, 9.17) is 4.42 Å². The second kappa shape index (κ2) is 6.95. The molecule has 0 unspecified atom stereocenters. The molecule has 0 saturated heterocycles. The van der Waals surface area contributed by atoms with Crippen LogP contribution in [0, 0.1) is 9.39 Å². The van der Waals surface area contributed by atoms with Gasteiger partial charge in [-0.25, -0.2) is 9.18 Å². The normalized spacial score (nSPS) is 10.6. The second-order valence-electron chi connectivity index (χ2n) is 4.87. The van der Waals surface area contributed by atoms with Crippen LogP contribution in [0.2, 0.25) is 0 Å². The van der Waals surface area contributed by atoms with Crippen molar-refractivity contribution in [2.75, 3.05) is 5.32 Å². The molecular formula is C16H11FIN3O3. The second-order valence-corrected chi connectivity index (χ2v) is 6.03. The molecule has 0 radical (unpaired) electrons. The fourth-order valence-corrected chi connectivity index (χ4v) is 2.53. The minimum Gasteiger partial charge on any atom is -0.388 e. The highest BCUT2D eigenvalue weighted by atomic mass is 127.